The minimum Gasteiger partial charge on any atom is -0.489 e. The molecule has 0 N–H and O–H groups in total. The van der Waals surface area contributed by atoms with Crippen LogP contribution in [0.3, 0.4) is 0 Å². The van der Waals surface area contributed by atoms with Crippen molar-refractivity contribution in [2.75, 3.05) is 0 Å². The van der Waals surface area contributed by atoms with Crippen LogP contribution < -0.4 is 4.74 Å². The van der Waals surface area contributed by atoms with Gasteiger partial charge in [0.05, 0.1) is 0 Å². The topological polar surface area (TPSA) is 9.23 Å². The Bertz CT molecular complexity index is 1240. The van der Waals surface area contributed by atoms with Gasteiger partial charge in [0.25, 0.3) is 0 Å². The van der Waals surface area contributed by atoms with Gasteiger partial charge in [0.2, 0.25) is 0 Å². The van der Waals surface area contributed by atoms with Gasteiger partial charge in [0, 0.05) is 33.4 Å². The van der Waals surface area contributed by atoms with E-state index in [1.54, 1.807) is 0 Å². The van der Waals surface area contributed by atoms with Crippen molar-refractivity contribution in [2.24, 2.45) is 0 Å². The van der Waals surface area contributed by atoms with E-state index in [1.807, 2.05) is 18.2 Å². The highest BCUT2D eigenvalue weighted by atomic mass is 32.2. The zero-order valence-electron chi connectivity index (χ0n) is 16.7. The molecule has 1 nitrogen and oxygen atoms in total. The Hall–Kier alpha value is -3.10. The summed E-state index contributed by atoms with van der Waals surface area (Å²) in [5, 5.41) is 2.77. The first-order valence-electron chi connectivity index (χ1n) is 9.92. The molecule has 4 aromatic carbocycles. The predicted molar refractivity (Wildman–Crippen MR) is 126 cm³/mol. The second-order valence-corrected chi connectivity index (χ2v) is 9.51. The summed E-state index contributed by atoms with van der Waals surface area (Å²) in [6.07, 6.45) is 0. The Morgan fingerprint density at radius 2 is 1.24 bits per heavy atom. The number of fused-ring (bicyclic) bond motifs is 3. The Labute approximate surface area is 174 Å². The van der Waals surface area contributed by atoms with Crippen LogP contribution in [0.4, 0.5) is 0 Å². The molecule has 0 bridgehead atoms. The van der Waals surface area contributed by atoms with Crippen LogP contribution in [0.5, 0.6) is 5.75 Å². The lowest BCUT2D eigenvalue weighted by molar-refractivity contribution is 0.306. The maximum atomic E-state index is 5.98. The molecule has 0 aliphatic carbocycles. The van der Waals surface area contributed by atoms with E-state index in [2.05, 4.69) is 86.6 Å². The zero-order chi connectivity index (χ0) is 19.8. The molecule has 0 radical (unpaired) electrons. The maximum Gasteiger partial charge on any atom is 0.187 e. The molecule has 5 aromatic rings. The molecule has 1 heterocycles. The zero-order valence-corrected chi connectivity index (χ0v) is 17.5. The summed E-state index contributed by atoms with van der Waals surface area (Å²) >= 11 is 0. The van der Waals surface area contributed by atoms with E-state index >= 15 is 0 Å². The first-order chi connectivity index (χ1) is 14.2. The molecule has 0 aliphatic heterocycles. The van der Waals surface area contributed by atoms with Gasteiger partial charge in [-0.1, -0.05) is 53.6 Å². The quantitative estimate of drug-likeness (QED) is 0.281. The molecule has 0 atom stereocenters. The number of rotatable bonds is 4. The molecule has 5 rings (SSSR count). The Balaban J connectivity index is 1.55. The maximum absolute atomic E-state index is 5.98. The predicted octanol–water partition coefficient (Wildman–Crippen LogP) is 7.93. The molecule has 0 saturated carbocycles. The summed E-state index contributed by atoms with van der Waals surface area (Å²) in [7, 11) is -0.0608. The minimum atomic E-state index is -0.0608. The largest absolute Gasteiger partial charge is 0.489 e. The van der Waals surface area contributed by atoms with Gasteiger partial charge < -0.3 is 4.74 Å². The van der Waals surface area contributed by atoms with E-state index in [9.17, 15) is 0 Å². The summed E-state index contributed by atoms with van der Waals surface area (Å²) in [4.78, 5) is 1.34. The van der Waals surface area contributed by atoms with Gasteiger partial charge in [-0.15, -0.1) is 0 Å². The fourth-order valence-corrected chi connectivity index (χ4v) is 6.19. The van der Waals surface area contributed by atoms with E-state index in [0.29, 0.717) is 6.61 Å². The van der Waals surface area contributed by atoms with E-state index in [-0.39, 0.29) is 10.5 Å². The number of ether oxygens (including phenoxy) is 1. The lowest BCUT2D eigenvalue weighted by Crippen LogP contribution is -1.94. The van der Waals surface area contributed by atoms with Crippen LogP contribution in [0.2, 0.25) is 0 Å². The average Bonchev–Trinajstić information content (AvgIpc) is 3.06. The van der Waals surface area contributed by atoms with Crippen molar-refractivity contribution in [1.82, 2.24) is 0 Å². The normalized spacial score (nSPS) is 11.2. The van der Waals surface area contributed by atoms with Crippen LogP contribution in [0, 0.1) is 13.8 Å². The number of benzene rings is 4. The second kappa shape index (κ2) is 7.38. The van der Waals surface area contributed by atoms with Crippen LogP contribution in [0.25, 0.3) is 25.1 Å². The molecule has 0 unspecified atom stereocenters. The van der Waals surface area contributed by atoms with E-state index < -0.39 is 0 Å². The van der Waals surface area contributed by atoms with Crippen molar-refractivity contribution < 1.29 is 4.74 Å². The molecule has 0 amide bonds. The molecule has 0 saturated heterocycles. The average molecular weight is 396 g/mol. The summed E-state index contributed by atoms with van der Waals surface area (Å²) in [6.45, 7) is 4.94. The van der Waals surface area contributed by atoms with Gasteiger partial charge in [0.15, 0.2) is 14.3 Å². The third-order valence-electron chi connectivity index (χ3n) is 5.31. The standard InChI is InChI=1S/C27H23OS/c1-19-8-14-26-24(16-19)25-17-20(2)9-15-27(25)29(26)23-12-10-22(11-13-23)28-18-21-6-4-3-5-7-21/h3-17H,18H2,1-2H3/q+1. The summed E-state index contributed by atoms with van der Waals surface area (Å²) in [5.41, 5.74) is 3.81. The lowest BCUT2D eigenvalue weighted by atomic mass is 10.1. The van der Waals surface area contributed by atoms with Gasteiger partial charge in [-0.25, -0.2) is 0 Å². The van der Waals surface area contributed by atoms with Crippen LogP contribution >= 0.6 is 10.5 Å². The van der Waals surface area contributed by atoms with Crippen molar-refractivity contribution >= 4 is 30.6 Å². The first-order valence-corrected chi connectivity index (χ1v) is 11.1. The molecule has 142 valence electrons. The third-order valence-corrected chi connectivity index (χ3v) is 7.64. The van der Waals surface area contributed by atoms with Crippen molar-refractivity contribution in [3.63, 3.8) is 0 Å². The first kappa shape index (κ1) is 18.0. The molecular formula is C27H23OS+. The molecule has 2 heteroatoms. The number of aryl methyl sites for hydroxylation is 2. The Kier molecular flexibility index (Phi) is 4.57. The molecule has 0 fully saturated rings. The molecule has 0 spiro atoms. The van der Waals surface area contributed by atoms with Crippen LogP contribution in [0.15, 0.2) is 91.0 Å². The van der Waals surface area contributed by atoms with E-state index in [0.717, 1.165) is 5.75 Å². The van der Waals surface area contributed by atoms with Crippen molar-refractivity contribution in [3.05, 3.63) is 108 Å². The van der Waals surface area contributed by atoms with Gasteiger partial charge in [0.1, 0.15) is 12.4 Å². The van der Waals surface area contributed by atoms with Crippen LogP contribution in [-0.4, -0.2) is 0 Å². The highest BCUT2D eigenvalue weighted by Crippen LogP contribution is 2.48. The lowest BCUT2D eigenvalue weighted by Gasteiger charge is -2.05. The fraction of sp³-hybridized carbons (Fsp3) is 0.111. The summed E-state index contributed by atoms with van der Waals surface area (Å²) in [6, 6.07) is 32.7. The van der Waals surface area contributed by atoms with Crippen LogP contribution in [0.1, 0.15) is 16.7 Å². The minimum absolute atomic E-state index is 0.0608. The van der Waals surface area contributed by atoms with E-state index in [4.69, 9.17) is 4.74 Å². The van der Waals surface area contributed by atoms with Crippen molar-refractivity contribution in [3.8, 4) is 10.6 Å². The highest BCUT2D eigenvalue weighted by Gasteiger charge is 2.23. The monoisotopic (exact) mass is 395 g/mol. The number of thiophene rings is 1. The van der Waals surface area contributed by atoms with Crippen molar-refractivity contribution in [1.29, 1.82) is 0 Å². The SMILES string of the molecule is Cc1ccc2c(c1)c1cc(C)ccc1[s+]2-c1ccc(OCc2ccccc2)cc1. The number of hydrogen-bond donors (Lipinski definition) is 0. The summed E-state index contributed by atoms with van der Waals surface area (Å²) < 4.78 is 8.83. The third kappa shape index (κ3) is 3.41. The highest BCUT2D eigenvalue weighted by molar-refractivity contribution is 7.50. The Morgan fingerprint density at radius 1 is 0.655 bits per heavy atom. The Morgan fingerprint density at radius 3 is 1.83 bits per heavy atom. The fourth-order valence-electron chi connectivity index (χ4n) is 3.85. The second-order valence-electron chi connectivity index (χ2n) is 7.55. The molecular weight excluding hydrogens is 372 g/mol. The van der Waals surface area contributed by atoms with Gasteiger partial charge in [-0.2, -0.15) is 0 Å². The molecule has 1 aromatic heterocycles. The van der Waals surface area contributed by atoms with E-state index in [1.165, 1.54) is 41.8 Å². The summed E-state index contributed by atoms with van der Waals surface area (Å²) in [5.74, 6) is 0.911. The van der Waals surface area contributed by atoms with Gasteiger partial charge in [-0.05, 0) is 55.8 Å². The molecule has 29 heavy (non-hydrogen) atoms. The van der Waals surface area contributed by atoms with Gasteiger partial charge in [-0.3, -0.25) is 0 Å². The van der Waals surface area contributed by atoms with Gasteiger partial charge >= 0.3 is 0 Å². The molecule has 0 aliphatic rings. The van der Waals surface area contributed by atoms with Crippen LogP contribution in [-0.2, 0) is 6.61 Å². The smallest absolute Gasteiger partial charge is 0.187 e. The van der Waals surface area contributed by atoms with Crippen molar-refractivity contribution in [2.45, 2.75) is 20.5 Å². The number of hydrogen-bond acceptors (Lipinski definition) is 1.